The molecule has 6 heteroatoms. The Bertz CT molecular complexity index is 843. The van der Waals surface area contributed by atoms with E-state index in [4.69, 9.17) is 16.3 Å². The Hall–Kier alpha value is -1.68. The van der Waals surface area contributed by atoms with Gasteiger partial charge in [0, 0.05) is 0 Å². The Morgan fingerprint density at radius 3 is 2.68 bits per heavy atom. The summed E-state index contributed by atoms with van der Waals surface area (Å²) < 4.78 is 7.02. The molecule has 0 fully saturated rings. The van der Waals surface area contributed by atoms with Crippen molar-refractivity contribution in [2.45, 2.75) is 13.8 Å². The molecule has 0 atom stereocenters. The maximum absolute atomic E-state index is 11.8. The van der Waals surface area contributed by atoms with E-state index in [1.165, 1.54) is 10.0 Å². The second kappa shape index (κ2) is 6.21. The molecule has 0 aliphatic rings. The van der Waals surface area contributed by atoms with Crippen LogP contribution in [0.25, 0.3) is 19.8 Å². The third-order valence-corrected chi connectivity index (χ3v) is 6.13. The van der Waals surface area contributed by atoms with E-state index in [0.29, 0.717) is 5.15 Å². The van der Waals surface area contributed by atoms with Crippen molar-refractivity contribution < 1.29 is 9.53 Å². The van der Waals surface area contributed by atoms with E-state index in [2.05, 4.69) is 41.2 Å². The summed E-state index contributed by atoms with van der Waals surface area (Å²) in [6, 6.07) is 10.3. The number of benzene rings is 1. The van der Waals surface area contributed by atoms with Crippen molar-refractivity contribution in [3.05, 3.63) is 46.9 Å². The number of carbonyl (C=O) groups is 1. The fourth-order valence-corrected chi connectivity index (χ4v) is 4.48. The molecule has 0 saturated heterocycles. The van der Waals surface area contributed by atoms with Crippen LogP contribution < -0.4 is 0 Å². The van der Waals surface area contributed by atoms with Gasteiger partial charge in [0.2, 0.25) is 0 Å². The van der Waals surface area contributed by atoms with Gasteiger partial charge in [-0.25, -0.2) is 0 Å². The summed E-state index contributed by atoms with van der Waals surface area (Å²) in [5.74, 6) is -0.528. The van der Waals surface area contributed by atoms with Gasteiger partial charge in [-0.15, -0.1) is 0 Å². The van der Waals surface area contributed by atoms with Crippen molar-refractivity contribution in [2.75, 3.05) is 6.61 Å². The molecule has 1 aromatic carbocycles. The standard InChI is InChI=1S/C16H13ClN2O2Se/c1-3-21-16(20)15-18-11-8-12(22-13(11)14(17)19-15)10-6-4-9(2)5-7-10/h4-8H,3H2,1-2H3. The van der Waals surface area contributed by atoms with Crippen molar-refractivity contribution in [3.63, 3.8) is 0 Å². The first-order valence-electron chi connectivity index (χ1n) is 6.79. The molecule has 0 amide bonds. The molecular weight excluding hydrogens is 367 g/mol. The number of hydrogen-bond acceptors (Lipinski definition) is 4. The van der Waals surface area contributed by atoms with Crippen LogP contribution in [0, 0.1) is 6.92 Å². The molecule has 3 rings (SSSR count). The average molecular weight is 380 g/mol. The van der Waals surface area contributed by atoms with E-state index in [1.807, 2.05) is 6.07 Å². The summed E-state index contributed by atoms with van der Waals surface area (Å²) in [4.78, 5) is 20.1. The summed E-state index contributed by atoms with van der Waals surface area (Å²) in [5, 5.41) is 0.339. The first kappa shape index (κ1) is 15.2. The Kier molecular flexibility index (Phi) is 4.30. The Labute approximate surface area is 138 Å². The number of halogens is 1. The maximum atomic E-state index is 11.8. The van der Waals surface area contributed by atoms with Gasteiger partial charge < -0.3 is 0 Å². The number of aryl methyl sites for hydroxylation is 1. The van der Waals surface area contributed by atoms with Crippen LogP contribution in [0.5, 0.6) is 0 Å². The average Bonchev–Trinajstić information content (AvgIpc) is 2.93. The molecule has 0 N–H and O–H groups in total. The normalized spacial score (nSPS) is 10.9. The van der Waals surface area contributed by atoms with Gasteiger partial charge in [-0.1, -0.05) is 0 Å². The second-order valence-electron chi connectivity index (χ2n) is 4.75. The number of nitrogens with zero attached hydrogens (tertiary/aromatic N) is 2. The quantitative estimate of drug-likeness (QED) is 0.397. The predicted octanol–water partition coefficient (Wildman–Crippen LogP) is 3.49. The van der Waals surface area contributed by atoms with Gasteiger partial charge >= 0.3 is 139 Å². The zero-order chi connectivity index (χ0) is 15.7. The SMILES string of the molecule is CCOC(=O)c1nc(Cl)c2[se]c(-c3ccc(C)cc3)cc2n1. The zero-order valence-corrected chi connectivity index (χ0v) is 14.6. The van der Waals surface area contributed by atoms with Gasteiger partial charge in [-0.05, 0) is 0 Å². The van der Waals surface area contributed by atoms with Gasteiger partial charge in [-0.3, -0.25) is 0 Å². The summed E-state index contributed by atoms with van der Waals surface area (Å²) in [6.07, 6.45) is 0. The van der Waals surface area contributed by atoms with Crippen LogP contribution >= 0.6 is 11.6 Å². The fraction of sp³-hybridized carbons (Fsp3) is 0.188. The van der Waals surface area contributed by atoms with Crippen molar-refractivity contribution >= 4 is 41.9 Å². The number of fused-ring (bicyclic) bond motifs is 1. The molecule has 3 aromatic rings. The molecule has 2 heterocycles. The fourth-order valence-electron chi connectivity index (χ4n) is 2.04. The van der Waals surface area contributed by atoms with E-state index in [1.54, 1.807) is 6.92 Å². The van der Waals surface area contributed by atoms with E-state index < -0.39 is 5.97 Å². The number of hydrogen-bond donors (Lipinski definition) is 0. The molecular formula is C16H13ClN2O2Se. The Morgan fingerprint density at radius 2 is 2.00 bits per heavy atom. The Balaban J connectivity index is 2.07. The van der Waals surface area contributed by atoms with Gasteiger partial charge in [0.05, 0.1) is 0 Å². The number of esters is 1. The third-order valence-electron chi connectivity index (χ3n) is 3.12. The van der Waals surface area contributed by atoms with Crippen molar-refractivity contribution in [2.24, 2.45) is 0 Å². The summed E-state index contributed by atoms with van der Waals surface area (Å²) >= 11 is 6.26. The van der Waals surface area contributed by atoms with Gasteiger partial charge in [-0.2, -0.15) is 0 Å². The van der Waals surface area contributed by atoms with Crippen LogP contribution in [0.3, 0.4) is 0 Å². The van der Waals surface area contributed by atoms with E-state index in [-0.39, 0.29) is 26.9 Å². The summed E-state index contributed by atoms with van der Waals surface area (Å²) in [7, 11) is 0. The van der Waals surface area contributed by atoms with Crippen molar-refractivity contribution in [3.8, 4) is 10.0 Å². The minimum atomic E-state index is -0.545. The molecule has 0 aliphatic heterocycles. The molecule has 0 unspecified atom stereocenters. The number of carbonyl (C=O) groups excluding carboxylic acids is 1. The van der Waals surface area contributed by atoms with Gasteiger partial charge in [0.1, 0.15) is 0 Å². The number of ether oxygens (including phenoxy) is 1. The molecule has 4 nitrogen and oxygen atoms in total. The van der Waals surface area contributed by atoms with Crippen LogP contribution in [0.4, 0.5) is 0 Å². The second-order valence-corrected chi connectivity index (χ2v) is 7.32. The molecule has 2 aromatic heterocycles. The number of aromatic nitrogens is 2. The number of rotatable bonds is 3. The topological polar surface area (TPSA) is 52.1 Å². The molecule has 0 spiro atoms. The molecule has 22 heavy (non-hydrogen) atoms. The first-order valence-corrected chi connectivity index (χ1v) is 8.89. The Morgan fingerprint density at radius 1 is 1.27 bits per heavy atom. The monoisotopic (exact) mass is 380 g/mol. The van der Waals surface area contributed by atoms with E-state index in [0.717, 1.165) is 15.3 Å². The minimum absolute atomic E-state index is 0.0165. The van der Waals surface area contributed by atoms with Crippen LogP contribution in [0.15, 0.2) is 30.3 Å². The van der Waals surface area contributed by atoms with E-state index in [9.17, 15) is 4.79 Å². The molecule has 0 radical (unpaired) electrons. The van der Waals surface area contributed by atoms with Crippen molar-refractivity contribution in [1.82, 2.24) is 9.97 Å². The summed E-state index contributed by atoms with van der Waals surface area (Å²) in [6.45, 7) is 4.08. The van der Waals surface area contributed by atoms with Gasteiger partial charge in [0.25, 0.3) is 0 Å². The van der Waals surface area contributed by atoms with Crippen molar-refractivity contribution in [1.29, 1.82) is 0 Å². The van der Waals surface area contributed by atoms with Crippen LogP contribution in [-0.2, 0) is 4.74 Å². The van der Waals surface area contributed by atoms with Crippen LogP contribution in [0.1, 0.15) is 23.1 Å². The molecule has 112 valence electrons. The van der Waals surface area contributed by atoms with Crippen LogP contribution in [0.2, 0.25) is 5.15 Å². The van der Waals surface area contributed by atoms with E-state index >= 15 is 0 Å². The van der Waals surface area contributed by atoms with Crippen LogP contribution in [-0.4, -0.2) is 37.0 Å². The molecule has 0 saturated carbocycles. The first-order chi connectivity index (χ1) is 10.6. The zero-order valence-electron chi connectivity index (χ0n) is 12.1. The molecule has 0 bridgehead atoms. The predicted molar refractivity (Wildman–Crippen MR) is 87.6 cm³/mol. The van der Waals surface area contributed by atoms with Gasteiger partial charge in [0.15, 0.2) is 0 Å². The summed E-state index contributed by atoms with van der Waals surface area (Å²) in [5.41, 5.74) is 3.09. The molecule has 0 aliphatic carbocycles. The third kappa shape index (κ3) is 2.93.